The minimum Gasteiger partial charge on any atom is -0.264 e. The number of nitrogens with zero attached hydrogens (tertiary/aromatic N) is 1. The summed E-state index contributed by atoms with van der Waals surface area (Å²) in [7, 11) is 0. The normalized spacial score (nSPS) is 12.1. The van der Waals surface area contributed by atoms with Crippen molar-refractivity contribution in [2.75, 3.05) is 0 Å². The lowest BCUT2D eigenvalue weighted by atomic mass is 9.87. The molecule has 0 N–H and O–H groups in total. The lowest BCUT2D eigenvalue weighted by Crippen LogP contribution is -2.00. The molecule has 0 fully saturated rings. The molecule has 0 bridgehead atoms. The summed E-state index contributed by atoms with van der Waals surface area (Å²) in [5.74, 6) is 0.416. The first-order valence-electron chi connectivity index (χ1n) is 10.8. The Balaban J connectivity index is 1.45. The van der Waals surface area contributed by atoms with Gasteiger partial charge in [-0.1, -0.05) is 85.8 Å². The molecule has 1 heterocycles. The Morgan fingerprint density at radius 2 is 1.60 bits per heavy atom. The zero-order valence-corrected chi connectivity index (χ0v) is 17.9. The van der Waals surface area contributed by atoms with Crippen molar-refractivity contribution in [3.05, 3.63) is 120 Å². The molecular formula is C29H29N. The van der Waals surface area contributed by atoms with Gasteiger partial charge in [0.1, 0.15) is 0 Å². The number of aromatic nitrogens is 1. The van der Waals surface area contributed by atoms with Gasteiger partial charge in [-0.25, -0.2) is 0 Å². The Morgan fingerprint density at radius 1 is 0.867 bits per heavy atom. The van der Waals surface area contributed by atoms with Crippen LogP contribution in [0, 0.1) is 6.92 Å². The SMILES string of the molecule is C=C(CCc1ccc(C(CC)c2ccc3cnccc3c2)cc1)c1ccc(C)cc1. The number of benzene rings is 3. The smallest absolute Gasteiger partial charge is 0.0346 e. The second-order valence-electron chi connectivity index (χ2n) is 8.15. The predicted molar refractivity (Wildman–Crippen MR) is 129 cm³/mol. The highest BCUT2D eigenvalue weighted by molar-refractivity contribution is 5.82. The maximum absolute atomic E-state index is 4.29. The standard InChI is InChI=1S/C29H29N/c1-4-29(27-15-16-28-20-30-18-17-26(28)19-27)25-13-9-23(10-14-25)8-7-22(3)24-11-5-21(2)6-12-24/h5-6,9-20,29H,3-4,7-8H2,1-2H3. The lowest BCUT2D eigenvalue weighted by Gasteiger charge is -2.17. The van der Waals surface area contributed by atoms with E-state index < -0.39 is 0 Å². The minimum atomic E-state index is 0.416. The number of fused-ring (bicyclic) bond motifs is 1. The summed E-state index contributed by atoms with van der Waals surface area (Å²) in [5, 5.41) is 2.45. The molecule has 30 heavy (non-hydrogen) atoms. The monoisotopic (exact) mass is 391 g/mol. The Labute approximate surface area is 180 Å². The van der Waals surface area contributed by atoms with Crippen molar-refractivity contribution in [2.24, 2.45) is 0 Å². The van der Waals surface area contributed by atoms with Crippen LogP contribution in [0.4, 0.5) is 0 Å². The lowest BCUT2D eigenvalue weighted by molar-refractivity contribution is 0.777. The summed E-state index contributed by atoms with van der Waals surface area (Å²) >= 11 is 0. The van der Waals surface area contributed by atoms with Crippen molar-refractivity contribution >= 4 is 16.3 Å². The molecule has 1 aromatic heterocycles. The zero-order chi connectivity index (χ0) is 20.9. The average Bonchev–Trinajstić information content (AvgIpc) is 2.79. The Hall–Kier alpha value is -3.19. The molecule has 1 atom stereocenters. The molecule has 0 saturated carbocycles. The molecule has 0 aliphatic carbocycles. The number of pyridine rings is 1. The minimum absolute atomic E-state index is 0.416. The van der Waals surface area contributed by atoms with E-state index in [1.165, 1.54) is 44.2 Å². The molecule has 1 nitrogen and oxygen atoms in total. The first-order valence-corrected chi connectivity index (χ1v) is 10.8. The molecule has 0 aliphatic heterocycles. The zero-order valence-electron chi connectivity index (χ0n) is 17.9. The molecule has 0 saturated heterocycles. The topological polar surface area (TPSA) is 12.9 Å². The molecular weight excluding hydrogens is 362 g/mol. The quantitative estimate of drug-likeness (QED) is 0.314. The van der Waals surface area contributed by atoms with Crippen molar-refractivity contribution in [1.29, 1.82) is 0 Å². The molecule has 4 aromatic rings. The van der Waals surface area contributed by atoms with Gasteiger partial charge in [0, 0.05) is 23.7 Å². The molecule has 0 spiro atoms. The van der Waals surface area contributed by atoms with E-state index in [4.69, 9.17) is 0 Å². The van der Waals surface area contributed by atoms with E-state index in [0.717, 1.165) is 19.3 Å². The maximum atomic E-state index is 4.29. The van der Waals surface area contributed by atoms with E-state index in [1.54, 1.807) is 0 Å². The van der Waals surface area contributed by atoms with Crippen LogP contribution in [0.15, 0.2) is 91.8 Å². The van der Waals surface area contributed by atoms with Crippen molar-refractivity contribution in [1.82, 2.24) is 4.98 Å². The van der Waals surface area contributed by atoms with Gasteiger partial charge < -0.3 is 0 Å². The van der Waals surface area contributed by atoms with Gasteiger partial charge in [0.05, 0.1) is 0 Å². The van der Waals surface area contributed by atoms with E-state index >= 15 is 0 Å². The van der Waals surface area contributed by atoms with E-state index in [2.05, 4.69) is 98.2 Å². The van der Waals surface area contributed by atoms with Crippen molar-refractivity contribution in [3.63, 3.8) is 0 Å². The van der Waals surface area contributed by atoms with Crippen molar-refractivity contribution in [2.45, 2.75) is 39.0 Å². The summed E-state index contributed by atoms with van der Waals surface area (Å²) < 4.78 is 0. The van der Waals surface area contributed by atoms with Gasteiger partial charge in [-0.2, -0.15) is 0 Å². The highest BCUT2D eigenvalue weighted by atomic mass is 14.6. The van der Waals surface area contributed by atoms with Crippen molar-refractivity contribution < 1.29 is 0 Å². The van der Waals surface area contributed by atoms with Crippen LogP contribution in [0.5, 0.6) is 0 Å². The highest BCUT2D eigenvalue weighted by Gasteiger charge is 2.13. The summed E-state index contributed by atoms with van der Waals surface area (Å²) in [6, 6.07) is 26.7. The van der Waals surface area contributed by atoms with Crippen LogP contribution < -0.4 is 0 Å². The molecule has 0 amide bonds. The van der Waals surface area contributed by atoms with Crippen LogP contribution in [0.25, 0.3) is 16.3 Å². The first kappa shape index (κ1) is 20.1. The summed E-state index contributed by atoms with van der Waals surface area (Å²) in [4.78, 5) is 4.22. The van der Waals surface area contributed by atoms with E-state index in [9.17, 15) is 0 Å². The fourth-order valence-corrected chi connectivity index (χ4v) is 4.13. The van der Waals surface area contributed by atoms with Crippen LogP contribution in [-0.2, 0) is 6.42 Å². The molecule has 0 radical (unpaired) electrons. The molecule has 0 aliphatic rings. The molecule has 150 valence electrons. The van der Waals surface area contributed by atoms with Crippen LogP contribution in [0.1, 0.15) is 53.5 Å². The Bertz CT molecular complexity index is 1140. The van der Waals surface area contributed by atoms with Gasteiger partial charge in [0.15, 0.2) is 0 Å². The largest absolute Gasteiger partial charge is 0.264 e. The summed E-state index contributed by atoms with van der Waals surface area (Å²) in [6.07, 6.45) is 6.89. The van der Waals surface area contributed by atoms with Crippen molar-refractivity contribution in [3.8, 4) is 0 Å². The fourth-order valence-electron chi connectivity index (χ4n) is 4.13. The number of hydrogen-bond acceptors (Lipinski definition) is 1. The summed E-state index contributed by atoms with van der Waals surface area (Å²) in [5.41, 5.74) is 7.86. The van der Waals surface area contributed by atoms with Gasteiger partial charge in [-0.15, -0.1) is 0 Å². The average molecular weight is 392 g/mol. The van der Waals surface area contributed by atoms with Gasteiger partial charge in [-0.05, 0) is 65.5 Å². The second kappa shape index (κ2) is 9.09. The van der Waals surface area contributed by atoms with Crippen LogP contribution in [0.2, 0.25) is 0 Å². The predicted octanol–water partition coefficient (Wildman–Crippen LogP) is 7.73. The molecule has 1 unspecified atom stereocenters. The van der Waals surface area contributed by atoms with E-state index in [0.29, 0.717) is 5.92 Å². The van der Waals surface area contributed by atoms with E-state index in [1.807, 2.05) is 12.4 Å². The third-order valence-corrected chi connectivity index (χ3v) is 6.03. The highest BCUT2D eigenvalue weighted by Crippen LogP contribution is 2.30. The van der Waals surface area contributed by atoms with Gasteiger partial charge in [0.25, 0.3) is 0 Å². The molecule has 1 heteroatoms. The van der Waals surface area contributed by atoms with Gasteiger partial charge >= 0.3 is 0 Å². The van der Waals surface area contributed by atoms with E-state index in [-0.39, 0.29) is 0 Å². The first-order chi connectivity index (χ1) is 14.6. The van der Waals surface area contributed by atoms with Crippen LogP contribution >= 0.6 is 0 Å². The number of allylic oxidation sites excluding steroid dienone is 1. The maximum Gasteiger partial charge on any atom is 0.0346 e. The molecule has 4 rings (SSSR count). The fraction of sp³-hybridized carbons (Fsp3) is 0.207. The van der Waals surface area contributed by atoms with Gasteiger partial charge in [0.2, 0.25) is 0 Å². The number of hydrogen-bond donors (Lipinski definition) is 0. The Morgan fingerprint density at radius 3 is 2.33 bits per heavy atom. The summed E-state index contributed by atoms with van der Waals surface area (Å²) in [6.45, 7) is 8.67. The molecule has 3 aromatic carbocycles. The third-order valence-electron chi connectivity index (χ3n) is 6.03. The Kier molecular flexibility index (Phi) is 6.09. The van der Waals surface area contributed by atoms with Crippen LogP contribution in [0.3, 0.4) is 0 Å². The number of rotatable bonds is 7. The van der Waals surface area contributed by atoms with Gasteiger partial charge in [-0.3, -0.25) is 4.98 Å². The number of aryl methyl sites for hydroxylation is 2. The third kappa shape index (κ3) is 4.52. The second-order valence-corrected chi connectivity index (χ2v) is 8.15. The van der Waals surface area contributed by atoms with Crippen LogP contribution in [-0.4, -0.2) is 4.98 Å².